The van der Waals surface area contributed by atoms with Gasteiger partial charge in [-0.2, -0.15) is 0 Å². The minimum absolute atomic E-state index is 0.0357. The number of hydrogen-bond acceptors (Lipinski definition) is 4. The molecule has 7 nitrogen and oxygen atoms in total. The monoisotopic (exact) mass is 280 g/mol. The third kappa shape index (κ3) is 4.36. The molecule has 0 heterocycles. The number of benzene rings is 1. The zero-order valence-corrected chi connectivity index (χ0v) is 10.7. The van der Waals surface area contributed by atoms with Crippen LogP contribution in [0.4, 0.5) is 0 Å². The molecule has 1 atom stereocenters. The highest BCUT2D eigenvalue weighted by Gasteiger charge is 2.20. The minimum atomic E-state index is -1.16. The summed E-state index contributed by atoms with van der Waals surface area (Å²) in [5.41, 5.74) is 5.37. The van der Waals surface area contributed by atoms with Crippen molar-refractivity contribution in [3.05, 3.63) is 35.4 Å². The third-order valence-electron chi connectivity index (χ3n) is 2.67. The Kier molecular flexibility index (Phi) is 5.67. The van der Waals surface area contributed by atoms with Crippen LogP contribution >= 0.6 is 0 Å². The van der Waals surface area contributed by atoms with Crippen molar-refractivity contribution in [3.8, 4) is 0 Å². The molecule has 0 aromatic heterocycles. The molecule has 20 heavy (non-hydrogen) atoms. The van der Waals surface area contributed by atoms with Crippen molar-refractivity contribution in [1.82, 2.24) is 5.32 Å². The van der Waals surface area contributed by atoms with Crippen LogP contribution in [0.25, 0.3) is 0 Å². The number of carbonyl (C=O) groups excluding carboxylic acids is 1. The number of amides is 1. The van der Waals surface area contributed by atoms with Gasteiger partial charge in [0.2, 0.25) is 0 Å². The maximum absolute atomic E-state index is 11.9. The van der Waals surface area contributed by atoms with Gasteiger partial charge < -0.3 is 21.3 Å². The molecule has 108 valence electrons. The van der Waals surface area contributed by atoms with Gasteiger partial charge in [0, 0.05) is 5.56 Å². The van der Waals surface area contributed by atoms with Gasteiger partial charge >= 0.3 is 11.9 Å². The molecule has 1 aromatic rings. The second-order valence-corrected chi connectivity index (χ2v) is 4.18. The fraction of sp³-hybridized carbons (Fsp3) is 0.308. The van der Waals surface area contributed by atoms with Crippen molar-refractivity contribution in [1.29, 1.82) is 0 Å². The number of rotatable bonds is 7. The quantitative estimate of drug-likeness (QED) is 0.568. The Morgan fingerprint density at radius 2 is 1.85 bits per heavy atom. The molecule has 0 fully saturated rings. The molecule has 0 unspecified atom stereocenters. The first-order valence-electron chi connectivity index (χ1n) is 6.02. The summed E-state index contributed by atoms with van der Waals surface area (Å²) in [5, 5.41) is 20.2. The SMILES string of the molecule is NCCC[C@H](NC(=O)c1cccc(C(=O)O)c1)C(=O)O. The average molecular weight is 280 g/mol. The first kappa shape index (κ1) is 15.6. The van der Waals surface area contributed by atoms with Crippen molar-refractivity contribution in [2.24, 2.45) is 5.73 Å². The lowest BCUT2D eigenvalue weighted by Gasteiger charge is -2.14. The number of aromatic carboxylic acids is 1. The number of nitrogens with two attached hydrogens (primary N) is 1. The van der Waals surface area contributed by atoms with E-state index in [1.54, 1.807) is 0 Å². The van der Waals surface area contributed by atoms with Crippen LogP contribution in [0, 0.1) is 0 Å². The van der Waals surface area contributed by atoms with Crippen LogP contribution in [-0.4, -0.2) is 40.6 Å². The highest BCUT2D eigenvalue weighted by atomic mass is 16.4. The number of carboxylic acids is 2. The third-order valence-corrected chi connectivity index (χ3v) is 2.67. The summed E-state index contributed by atoms with van der Waals surface area (Å²) in [4.78, 5) is 33.7. The molecule has 0 aliphatic rings. The van der Waals surface area contributed by atoms with Gasteiger partial charge in [-0.25, -0.2) is 9.59 Å². The minimum Gasteiger partial charge on any atom is -0.480 e. The lowest BCUT2D eigenvalue weighted by molar-refractivity contribution is -0.139. The van der Waals surface area contributed by atoms with Crippen LogP contribution in [0.3, 0.4) is 0 Å². The van der Waals surface area contributed by atoms with Crippen LogP contribution in [0.15, 0.2) is 24.3 Å². The summed E-state index contributed by atoms with van der Waals surface area (Å²) in [6.45, 7) is 0.328. The van der Waals surface area contributed by atoms with Crippen molar-refractivity contribution in [3.63, 3.8) is 0 Å². The summed E-state index contributed by atoms with van der Waals surface area (Å²) in [7, 11) is 0. The van der Waals surface area contributed by atoms with Crippen LogP contribution in [0.2, 0.25) is 0 Å². The van der Waals surface area contributed by atoms with Gasteiger partial charge in [-0.1, -0.05) is 6.07 Å². The van der Waals surface area contributed by atoms with Gasteiger partial charge in [0.15, 0.2) is 0 Å². The Balaban J connectivity index is 2.80. The predicted octanol–water partition coefficient (Wildman–Crippen LogP) is 0.307. The van der Waals surface area contributed by atoms with E-state index in [-0.39, 0.29) is 17.5 Å². The molecule has 0 saturated heterocycles. The maximum atomic E-state index is 11.9. The van der Waals surface area contributed by atoms with Gasteiger partial charge in [-0.15, -0.1) is 0 Å². The summed E-state index contributed by atoms with van der Waals surface area (Å²) >= 11 is 0. The van der Waals surface area contributed by atoms with E-state index in [0.29, 0.717) is 13.0 Å². The molecular weight excluding hydrogens is 264 g/mol. The van der Waals surface area contributed by atoms with E-state index < -0.39 is 23.9 Å². The highest BCUT2D eigenvalue weighted by molar-refractivity contribution is 5.99. The van der Waals surface area contributed by atoms with Crippen molar-refractivity contribution in [2.75, 3.05) is 6.54 Å². The van der Waals surface area contributed by atoms with E-state index in [2.05, 4.69) is 5.32 Å². The van der Waals surface area contributed by atoms with E-state index >= 15 is 0 Å². The van der Waals surface area contributed by atoms with E-state index in [4.69, 9.17) is 15.9 Å². The molecule has 1 rings (SSSR count). The lowest BCUT2D eigenvalue weighted by atomic mass is 10.1. The number of nitrogens with one attached hydrogen (secondary N) is 1. The molecule has 7 heteroatoms. The number of aliphatic carboxylic acids is 1. The molecule has 0 saturated carbocycles. The number of carboxylic acid groups (broad SMARTS) is 2. The highest BCUT2D eigenvalue weighted by Crippen LogP contribution is 2.07. The Labute approximate surface area is 115 Å². The molecular formula is C13H16N2O5. The standard InChI is InChI=1S/C13H16N2O5/c14-6-2-5-10(13(19)20)15-11(16)8-3-1-4-9(7-8)12(17)18/h1,3-4,7,10H,2,5-6,14H2,(H,15,16)(H,17,18)(H,19,20)/t10-/m0/s1. The smallest absolute Gasteiger partial charge is 0.335 e. The molecule has 0 bridgehead atoms. The van der Waals surface area contributed by atoms with E-state index in [1.807, 2.05) is 0 Å². The van der Waals surface area contributed by atoms with E-state index in [9.17, 15) is 14.4 Å². The Morgan fingerprint density at radius 3 is 2.40 bits per heavy atom. The topological polar surface area (TPSA) is 130 Å². The maximum Gasteiger partial charge on any atom is 0.335 e. The molecule has 1 aromatic carbocycles. The largest absolute Gasteiger partial charge is 0.480 e. The molecule has 0 spiro atoms. The van der Waals surface area contributed by atoms with Crippen LogP contribution in [0.1, 0.15) is 33.6 Å². The van der Waals surface area contributed by atoms with E-state index in [0.717, 1.165) is 0 Å². The van der Waals surface area contributed by atoms with Gasteiger partial charge in [0.05, 0.1) is 5.56 Å². The van der Waals surface area contributed by atoms with Crippen LogP contribution in [-0.2, 0) is 4.79 Å². The number of hydrogen-bond donors (Lipinski definition) is 4. The molecule has 5 N–H and O–H groups in total. The van der Waals surface area contributed by atoms with Gasteiger partial charge in [-0.3, -0.25) is 4.79 Å². The molecule has 0 aliphatic heterocycles. The van der Waals surface area contributed by atoms with Gasteiger partial charge in [0.1, 0.15) is 6.04 Å². The Hall–Kier alpha value is -2.41. The Morgan fingerprint density at radius 1 is 1.20 bits per heavy atom. The summed E-state index contributed by atoms with van der Waals surface area (Å²) in [6.07, 6.45) is 0.683. The summed E-state index contributed by atoms with van der Waals surface area (Å²) in [5.74, 6) is -2.93. The Bertz CT molecular complexity index is 515. The van der Waals surface area contributed by atoms with Crippen molar-refractivity contribution >= 4 is 17.8 Å². The van der Waals surface area contributed by atoms with Crippen molar-refractivity contribution in [2.45, 2.75) is 18.9 Å². The second-order valence-electron chi connectivity index (χ2n) is 4.18. The predicted molar refractivity (Wildman–Crippen MR) is 70.6 cm³/mol. The second kappa shape index (κ2) is 7.25. The first-order chi connectivity index (χ1) is 9.45. The zero-order valence-electron chi connectivity index (χ0n) is 10.7. The van der Waals surface area contributed by atoms with Crippen molar-refractivity contribution < 1.29 is 24.6 Å². The normalized spacial score (nSPS) is 11.7. The number of carbonyl (C=O) groups is 3. The van der Waals surface area contributed by atoms with Gasteiger partial charge in [0.25, 0.3) is 5.91 Å². The molecule has 1 amide bonds. The first-order valence-corrected chi connectivity index (χ1v) is 6.02. The summed E-state index contributed by atoms with van der Waals surface area (Å²) < 4.78 is 0. The zero-order chi connectivity index (χ0) is 15.1. The lowest BCUT2D eigenvalue weighted by Crippen LogP contribution is -2.41. The molecule has 0 radical (unpaired) electrons. The fourth-order valence-electron chi connectivity index (χ4n) is 1.61. The fourth-order valence-corrected chi connectivity index (χ4v) is 1.61. The van der Waals surface area contributed by atoms with Crippen LogP contribution < -0.4 is 11.1 Å². The van der Waals surface area contributed by atoms with E-state index in [1.165, 1.54) is 24.3 Å². The average Bonchev–Trinajstić information content (AvgIpc) is 2.42. The van der Waals surface area contributed by atoms with Gasteiger partial charge in [-0.05, 0) is 37.6 Å². The van der Waals surface area contributed by atoms with Crippen LogP contribution in [0.5, 0.6) is 0 Å². The molecule has 0 aliphatic carbocycles. The summed E-state index contributed by atoms with van der Waals surface area (Å²) in [6, 6.07) is 4.35.